The molecule has 1 aromatic rings. The molecular weight excluding hydrogens is 436 g/mol. The second kappa shape index (κ2) is 10.4. The Morgan fingerprint density at radius 1 is 1.18 bits per heavy atom. The third-order valence-electron chi connectivity index (χ3n) is 6.88. The van der Waals surface area contributed by atoms with Gasteiger partial charge in [0.15, 0.2) is 6.29 Å². The van der Waals surface area contributed by atoms with Gasteiger partial charge < -0.3 is 28.8 Å². The van der Waals surface area contributed by atoms with Crippen LogP contribution in [0.15, 0.2) is 57.3 Å². The first-order chi connectivity index (χ1) is 16.0. The van der Waals surface area contributed by atoms with Gasteiger partial charge in [0.1, 0.15) is 29.8 Å². The Balaban J connectivity index is 1.63. The molecule has 7 heteroatoms. The molecule has 0 radical (unpaired) electrons. The summed E-state index contributed by atoms with van der Waals surface area (Å²) in [5.41, 5.74) is -0.716. The Hall–Kier alpha value is -2.45. The van der Waals surface area contributed by atoms with E-state index in [0.29, 0.717) is 24.5 Å². The van der Waals surface area contributed by atoms with Crippen LogP contribution >= 0.6 is 0 Å². The molecule has 0 aromatic carbocycles. The molecule has 0 saturated carbocycles. The first-order valence-electron chi connectivity index (χ1n) is 11.7. The summed E-state index contributed by atoms with van der Waals surface area (Å²) in [6.45, 7) is 11.6. The number of fused-ring (bicyclic) bond motifs is 1. The van der Waals surface area contributed by atoms with Gasteiger partial charge in [0, 0.05) is 5.56 Å². The van der Waals surface area contributed by atoms with Gasteiger partial charge in [-0.2, -0.15) is 0 Å². The van der Waals surface area contributed by atoms with Crippen molar-refractivity contribution in [2.24, 2.45) is 5.41 Å². The normalized spacial score (nSPS) is 33.3. The molecule has 3 rings (SSSR count). The van der Waals surface area contributed by atoms with Crippen molar-refractivity contribution in [3.8, 4) is 5.75 Å². The predicted octanol–water partition coefficient (Wildman–Crippen LogP) is 4.07. The van der Waals surface area contributed by atoms with Gasteiger partial charge in [0.2, 0.25) is 0 Å². The largest absolute Gasteiger partial charge is 0.489 e. The lowest BCUT2D eigenvalue weighted by Gasteiger charge is -2.38. The van der Waals surface area contributed by atoms with Crippen LogP contribution < -0.4 is 10.4 Å². The summed E-state index contributed by atoms with van der Waals surface area (Å²) in [5.74, 6) is 0.917. The van der Waals surface area contributed by atoms with Gasteiger partial charge in [-0.3, -0.25) is 0 Å². The first kappa shape index (κ1) is 26.2. The number of hydrogen-bond acceptors (Lipinski definition) is 7. The van der Waals surface area contributed by atoms with Gasteiger partial charge in [0.25, 0.3) is 0 Å². The highest BCUT2D eigenvalue weighted by atomic mass is 16.7. The summed E-state index contributed by atoms with van der Waals surface area (Å²) in [4.78, 5) is 11.9. The number of ether oxygens (including phenoxy) is 3. The van der Waals surface area contributed by atoms with Crippen LogP contribution in [0.1, 0.15) is 52.4 Å². The second-order valence-corrected chi connectivity index (χ2v) is 9.48. The summed E-state index contributed by atoms with van der Waals surface area (Å²) < 4.78 is 22.7. The summed E-state index contributed by atoms with van der Waals surface area (Å²) in [6.07, 6.45) is 10.5. The lowest BCUT2D eigenvalue weighted by atomic mass is 9.69. The van der Waals surface area contributed by atoms with E-state index in [1.54, 1.807) is 50.3 Å². The minimum atomic E-state index is -1.20. The van der Waals surface area contributed by atoms with Crippen LogP contribution in [0.3, 0.4) is 0 Å². The lowest BCUT2D eigenvalue weighted by molar-refractivity contribution is -0.144. The van der Waals surface area contributed by atoms with E-state index in [9.17, 15) is 15.0 Å². The predicted molar refractivity (Wildman–Crippen MR) is 131 cm³/mol. The van der Waals surface area contributed by atoms with Gasteiger partial charge in [-0.05, 0) is 53.2 Å². The standard InChI is InChI=1S/C27H36O7/c1-7-22-27(6,30)26(5)24(29)20(33-25(26)34-22)13-11-9-8-10-12-19-18(4)21(16-23(28)32-19)31-15-14-17(2)3/h8-14,16,20,22,24-25,29-30H,7,15H2,1-6H3. The molecule has 0 bridgehead atoms. The molecule has 0 amide bonds. The molecule has 6 unspecified atom stereocenters. The van der Waals surface area contributed by atoms with Gasteiger partial charge in [0.05, 0.1) is 23.7 Å². The van der Waals surface area contributed by atoms with Gasteiger partial charge in [-0.1, -0.05) is 42.9 Å². The van der Waals surface area contributed by atoms with Crippen molar-refractivity contribution in [3.63, 3.8) is 0 Å². The van der Waals surface area contributed by atoms with Crippen molar-refractivity contribution in [2.75, 3.05) is 6.61 Å². The molecule has 0 aliphatic carbocycles. The fraction of sp³-hybridized carbons (Fsp3) is 0.519. The van der Waals surface area contributed by atoms with Crippen LogP contribution in [0, 0.1) is 12.3 Å². The number of hydrogen-bond donors (Lipinski definition) is 2. The monoisotopic (exact) mass is 472 g/mol. The van der Waals surface area contributed by atoms with Gasteiger partial charge >= 0.3 is 5.63 Å². The van der Waals surface area contributed by atoms with E-state index in [4.69, 9.17) is 18.6 Å². The zero-order valence-electron chi connectivity index (χ0n) is 20.8. The Morgan fingerprint density at radius 2 is 1.88 bits per heavy atom. The van der Waals surface area contributed by atoms with Crippen LogP contribution in [0.25, 0.3) is 6.08 Å². The number of aliphatic hydroxyl groups is 2. The zero-order chi connectivity index (χ0) is 25.1. The van der Waals surface area contributed by atoms with Crippen molar-refractivity contribution in [3.05, 3.63) is 69.8 Å². The third kappa shape index (κ3) is 4.98. The average molecular weight is 473 g/mol. The van der Waals surface area contributed by atoms with Gasteiger partial charge in [-0.15, -0.1) is 0 Å². The van der Waals surface area contributed by atoms with Crippen LogP contribution in [0.5, 0.6) is 5.75 Å². The Bertz CT molecular complexity index is 1040. The first-order valence-corrected chi connectivity index (χ1v) is 11.7. The summed E-state index contributed by atoms with van der Waals surface area (Å²) in [7, 11) is 0. The highest BCUT2D eigenvalue weighted by Crippen LogP contribution is 2.55. The van der Waals surface area contributed by atoms with Crippen molar-refractivity contribution in [1.29, 1.82) is 0 Å². The molecule has 2 aliphatic heterocycles. The molecule has 2 fully saturated rings. The molecule has 34 heavy (non-hydrogen) atoms. The molecule has 0 spiro atoms. The van der Waals surface area contributed by atoms with E-state index in [1.165, 1.54) is 6.07 Å². The SMILES string of the molecule is CCC1OC2OC(C=CC=CC=Cc3oc(=O)cc(OCC=C(C)C)c3C)C(O)C2(C)C1(C)O. The number of allylic oxidation sites excluding steroid dienone is 5. The maximum absolute atomic E-state index is 11.9. The highest BCUT2D eigenvalue weighted by molar-refractivity contribution is 5.52. The summed E-state index contributed by atoms with van der Waals surface area (Å²) in [6, 6.07) is 1.34. The van der Waals surface area contributed by atoms with E-state index >= 15 is 0 Å². The Kier molecular flexibility index (Phi) is 8.03. The Morgan fingerprint density at radius 3 is 2.53 bits per heavy atom. The van der Waals surface area contributed by atoms with Crippen LogP contribution in [-0.4, -0.2) is 47.0 Å². The summed E-state index contributed by atoms with van der Waals surface area (Å²) in [5, 5.41) is 21.9. The molecular formula is C27H36O7. The topological polar surface area (TPSA) is 98.4 Å². The third-order valence-corrected chi connectivity index (χ3v) is 6.88. The fourth-order valence-corrected chi connectivity index (χ4v) is 4.43. The number of rotatable bonds is 8. The average Bonchev–Trinajstić information content (AvgIpc) is 3.13. The highest BCUT2D eigenvalue weighted by Gasteiger charge is 2.69. The molecule has 3 heterocycles. The molecule has 2 aliphatic rings. The summed E-state index contributed by atoms with van der Waals surface area (Å²) >= 11 is 0. The van der Waals surface area contributed by atoms with E-state index < -0.39 is 35.1 Å². The van der Waals surface area contributed by atoms with Crippen LogP contribution in [0.2, 0.25) is 0 Å². The molecule has 1 aromatic heterocycles. The zero-order valence-corrected chi connectivity index (χ0v) is 20.8. The van der Waals surface area contributed by atoms with Crippen molar-refractivity contribution in [2.45, 2.75) is 78.2 Å². The molecule has 186 valence electrons. The van der Waals surface area contributed by atoms with Crippen LogP contribution in [0.4, 0.5) is 0 Å². The second-order valence-electron chi connectivity index (χ2n) is 9.48. The van der Waals surface area contributed by atoms with Crippen LogP contribution in [-0.2, 0) is 9.47 Å². The lowest BCUT2D eigenvalue weighted by Crippen LogP contribution is -2.54. The van der Waals surface area contributed by atoms with Crippen molar-refractivity contribution in [1.82, 2.24) is 0 Å². The van der Waals surface area contributed by atoms with Crippen molar-refractivity contribution >= 4 is 6.08 Å². The van der Waals surface area contributed by atoms with E-state index in [-0.39, 0.29) is 6.10 Å². The molecule has 2 saturated heterocycles. The quantitative estimate of drug-likeness (QED) is 0.435. The Labute approximate surface area is 201 Å². The van der Waals surface area contributed by atoms with Gasteiger partial charge in [-0.25, -0.2) is 4.79 Å². The maximum Gasteiger partial charge on any atom is 0.339 e. The maximum atomic E-state index is 11.9. The molecule has 2 N–H and O–H groups in total. The number of aliphatic hydroxyl groups excluding tert-OH is 1. The fourth-order valence-electron chi connectivity index (χ4n) is 4.43. The molecule has 6 atom stereocenters. The molecule has 7 nitrogen and oxygen atoms in total. The minimum Gasteiger partial charge on any atom is -0.489 e. The van der Waals surface area contributed by atoms with E-state index in [2.05, 4.69) is 0 Å². The minimum absolute atomic E-state index is 0.383. The smallest absolute Gasteiger partial charge is 0.339 e. The van der Waals surface area contributed by atoms with Crippen molar-refractivity contribution < 1.29 is 28.8 Å². The van der Waals surface area contributed by atoms with E-state index in [1.807, 2.05) is 33.8 Å². The van der Waals surface area contributed by atoms with E-state index in [0.717, 1.165) is 11.1 Å².